The molecule has 96 valence electrons. The zero-order valence-electron chi connectivity index (χ0n) is 10.9. The second kappa shape index (κ2) is 4.52. The average Bonchev–Trinajstić information content (AvgIpc) is 2.25. The Kier molecular flexibility index (Phi) is 3.20. The third-order valence-corrected chi connectivity index (χ3v) is 3.06. The Labute approximate surface area is 105 Å². The third kappa shape index (κ3) is 1.92. The summed E-state index contributed by atoms with van der Waals surface area (Å²) in [7, 11) is 1.74. The molecule has 1 aromatic heterocycles. The van der Waals surface area contributed by atoms with Gasteiger partial charge in [0.2, 0.25) is 0 Å². The monoisotopic (exact) mass is 250 g/mol. The molecule has 0 saturated heterocycles. The average molecular weight is 250 g/mol. The molecule has 4 heteroatoms. The van der Waals surface area contributed by atoms with E-state index < -0.39 is 11.6 Å². The molecular weight excluding hydrogens is 234 g/mol. The minimum atomic E-state index is -0.605. The summed E-state index contributed by atoms with van der Waals surface area (Å²) in [5.41, 5.74) is 2.81. The highest BCUT2D eigenvalue weighted by atomic mass is 19.1. The van der Waals surface area contributed by atoms with Gasteiger partial charge in [-0.25, -0.2) is 8.78 Å². The summed E-state index contributed by atoms with van der Waals surface area (Å²) in [6, 6.07) is 2.15. The van der Waals surface area contributed by atoms with Crippen molar-refractivity contribution in [2.75, 3.05) is 12.4 Å². The molecule has 0 radical (unpaired) electrons. The smallest absolute Gasteiger partial charge is 0.137 e. The van der Waals surface area contributed by atoms with Gasteiger partial charge >= 0.3 is 0 Å². The van der Waals surface area contributed by atoms with E-state index in [1.807, 2.05) is 20.8 Å². The van der Waals surface area contributed by atoms with Crippen molar-refractivity contribution in [1.82, 2.24) is 4.98 Å². The highest BCUT2D eigenvalue weighted by Gasteiger charge is 2.17. The maximum absolute atomic E-state index is 13.9. The lowest BCUT2D eigenvalue weighted by atomic mass is 9.96. The Hall–Kier alpha value is -1.71. The van der Waals surface area contributed by atoms with Gasteiger partial charge in [0, 0.05) is 24.9 Å². The third-order valence-electron chi connectivity index (χ3n) is 3.06. The molecule has 2 nitrogen and oxygen atoms in total. The van der Waals surface area contributed by atoms with Crippen molar-refractivity contribution >= 4 is 16.6 Å². The van der Waals surface area contributed by atoms with Gasteiger partial charge in [-0.2, -0.15) is 0 Å². The van der Waals surface area contributed by atoms with Gasteiger partial charge in [0.05, 0.1) is 16.6 Å². The van der Waals surface area contributed by atoms with Gasteiger partial charge in [0.1, 0.15) is 11.6 Å². The normalized spacial score (nSPS) is 11.3. The summed E-state index contributed by atoms with van der Waals surface area (Å²) < 4.78 is 27.2. The number of pyridine rings is 1. The summed E-state index contributed by atoms with van der Waals surface area (Å²) in [4.78, 5) is 4.31. The van der Waals surface area contributed by atoms with Crippen molar-refractivity contribution in [3.8, 4) is 0 Å². The van der Waals surface area contributed by atoms with E-state index in [0.717, 1.165) is 17.3 Å². The molecule has 1 heterocycles. The summed E-state index contributed by atoms with van der Waals surface area (Å²) in [6.07, 6.45) is 0. The van der Waals surface area contributed by atoms with Crippen LogP contribution in [0.3, 0.4) is 0 Å². The van der Waals surface area contributed by atoms with Crippen LogP contribution in [0.1, 0.15) is 31.0 Å². The number of halogens is 2. The van der Waals surface area contributed by atoms with Crippen LogP contribution >= 0.6 is 0 Å². The Bertz CT molecular complexity index is 607. The van der Waals surface area contributed by atoms with Crippen LogP contribution < -0.4 is 5.32 Å². The maximum atomic E-state index is 13.9. The molecule has 18 heavy (non-hydrogen) atoms. The lowest BCUT2D eigenvalue weighted by Gasteiger charge is -2.18. The minimum Gasteiger partial charge on any atom is -0.387 e. The lowest BCUT2D eigenvalue weighted by Crippen LogP contribution is -2.05. The first-order valence-electron chi connectivity index (χ1n) is 5.92. The van der Waals surface area contributed by atoms with E-state index >= 15 is 0 Å². The Morgan fingerprint density at radius 3 is 2.44 bits per heavy atom. The highest BCUT2D eigenvalue weighted by molar-refractivity contribution is 5.94. The van der Waals surface area contributed by atoms with Gasteiger partial charge in [-0.15, -0.1) is 0 Å². The lowest BCUT2D eigenvalue weighted by molar-refractivity contribution is 0.591. The fourth-order valence-corrected chi connectivity index (χ4v) is 2.42. The first-order chi connectivity index (χ1) is 8.45. The van der Waals surface area contributed by atoms with Crippen molar-refractivity contribution in [2.45, 2.75) is 26.7 Å². The number of anilines is 1. The van der Waals surface area contributed by atoms with Crippen LogP contribution in [0.15, 0.2) is 12.1 Å². The van der Waals surface area contributed by atoms with Gasteiger partial charge in [0.15, 0.2) is 0 Å². The largest absolute Gasteiger partial charge is 0.387 e. The van der Waals surface area contributed by atoms with Crippen LogP contribution in [-0.4, -0.2) is 12.0 Å². The van der Waals surface area contributed by atoms with E-state index in [2.05, 4.69) is 10.3 Å². The SMILES string of the molecule is CNc1c(C(C)C)c(C)nc2cc(F)cc(F)c12. The zero-order chi connectivity index (χ0) is 13.4. The first-order valence-corrected chi connectivity index (χ1v) is 5.92. The van der Waals surface area contributed by atoms with Crippen molar-refractivity contribution in [3.63, 3.8) is 0 Å². The van der Waals surface area contributed by atoms with Crippen LogP contribution in [0.5, 0.6) is 0 Å². The number of hydrogen-bond donors (Lipinski definition) is 1. The molecular formula is C14H16F2N2. The Balaban J connectivity index is 2.94. The molecule has 0 aliphatic heterocycles. The van der Waals surface area contributed by atoms with Crippen molar-refractivity contribution in [3.05, 3.63) is 35.0 Å². The number of nitrogens with zero attached hydrogens (tertiary/aromatic N) is 1. The highest BCUT2D eigenvalue weighted by Crippen LogP contribution is 2.34. The molecule has 0 saturated carbocycles. The van der Waals surface area contributed by atoms with Crippen LogP contribution in [0.4, 0.5) is 14.5 Å². The van der Waals surface area contributed by atoms with E-state index in [0.29, 0.717) is 16.6 Å². The fourth-order valence-electron chi connectivity index (χ4n) is 2.42. The number of benzene rings is 1. The van der Waals surface area contributed by atoms with Crippen LogP contribution in [-0.2, 0) is 0 Å². The Morgan fingerprint density at radius 1 is 1.22 bits per heavy atom. The van der Waals surface area contributed by atoms with Gasteiger partial charge in [-0.05, 0) is 18.4 Å². The molecule has 0 atom stereocenters. The second-order valence-corrected chi connectivity index (χ2v) is 4.67. The molecule has 1 N–H and O–H groups in total. The molecule has 0 fully saturated rings. The van der Waals surface area contributed by atoms with Crippen LogP contribution in [0.25, 0.3) is 10.9 Å². The van der Waals surface area contributed by atoms with Crippen molar-refractivity contribution in [2.24, 2.45) is 0 Å². The summed E-state index contributed by atoms with van der Waals surface area (Å²) >= 11 is 0. The van der Waals surface area contributed by atoms with Crippen molar-refractivity contribution in [1.29, 1.82) is 0 Å². The van der Waals surface area contributed by atoms with Gasteiger partial charge in [-0.3, -0.25) is 4.98 Å². The molecule has 0 aliphatic rings. The maximum Gasteiger partial charge on any atom is 0.137 e. The second-order valence-electron chi connectivity index (χ2n) is 4.67. The van der Waals surface area contributed by atoms with Crippen molar-refractivity contribution < 1.29 is 8.78 Å². The first kappa shape index (κ1) is 12.7. The predicted octanol–water partition coefficient (Wildman–Crippen LogP) is 3.99. The molecule has 0 aliphatic carbocycles. The number of aryl methyl sites for hydroxylation is 1. The molecule has 2 rings (SSSR count). The predicted molar refractivity (Wildman–Crippen MR) is 70.0 cm³/mol. The van der Waals surface area contributed by atoms with Gasteiger partial charge in [-0.1, -0.05) is 13.8 Å². The number of hydrogen-bond acceptors (Lipinski definition) is 2. The zero-order valence-corrected chi connectivity index (χ0v) is 10.9. The quantitative estimate of drug-likeness (QED) is 0.871. The van der Waals surface area contributed by atoms with E-state index in [1.165, 1.54) is 6.07 Å². The van der Waals surface area contributed by atoms with Gasteiger partial charge < -0.3 is 5.32 Å². The van der Waals surface area contributed by atoms with E-state index in [1.54, 1.807) is 7.05 Å². The number of fused-ring (bicyclic) bond motifs is 1. The standard InChI is InChI=1S/C14H16F2N2/c1-7(2)12-8(3)18-11-6-9(15)5-10(16)13(11)14(12)17-4/h5-7H,1-4H3,(H,17,18). The minimum absolute atomic E-state index is 0.216. The fraction of sp³-hybridized carbons (Fsp3) is 0.357. The number of aromatic nitrogens is 1. The molecule has 0 bridgehead atoms. The summed E-state index contributed by atoms with van der Waals surface area (Å²) in [5, 5.41) is 3.37. The molecule has 0 spiro atoms. The topological polar surface area (TPSA) is 24.9 Å². The molecule has 1 aromatic carbocycles. The summed E-state index contributed by atoms with van der Waals surface area (Å²) in [5.74, 6) is -0.969. The van der Waals surface area contributed by atoms with Gasteiger partial charge in [0.25, 0.3) is 0 Å². The molecule has 2 aromatic rings. The van der Waals surface area contributed by atoms with Crippen LogP contribution in [0.2, 0.25) is 0 Å². The van der Waals surface area contributed by atoms with Crippen LogP contribution in [0, 0.1) is 18.6 Å². The summed E-state index contributed by atoms with van der Waals surface area (Å²) in [6.45, 7) is 5.91. The Morgan fingerprint density at radius 2 is 1.89 bits per heavy atom. The number of nitrogens with one attached hydrogen (secondary N) is 1. The molecule has 0 unspecified atom stereocenters. The number of rotatable bonds is 2. The van der Waals surface area contributed by atoms with E-state index in [9.17, 15) is 8.78 Å². The van der Waals surface area contributed by atoms with E-state index in [4.69, 9.17) is 0 Å². The van der Waals surface area contributed by atoms with E-state index in [-0.39, 0.29) is 5.92 Å². The molecule has 0 amide bonds.